The van der Waals surface area contributed by atoms with Gasteiger partial charge in [0.2, 0.25) is 0 Å². The Bertz CT molecular complexity index is 783. The highest BCUT2D eigenvalue weighted by atomic mass is 79.9. The van der Waals surface area contributed by atoms with Crippen LogP contribution < -0.4 is 5.73 Å². The van der Waals surface area contributed by atoms with Gasteiger partial charge in [0.15, 0.2) is 0 Å². The lowest BCUT2D eigenvalue weighted by Crippen LogP contribution is -1.99. The van der Waals surface area contributed by atoms with E-state index >= 15 is 0 Å². The quantitative estimate of drug-likeness (QED) is 0.619. The van der Waals surface area contributed by atoms with Gasteiger partial charge >= 0.3 is 0 Å². The molecule has 0 spiro atoms. The fraction of sp³-hybridized carbons (Fsp3) is 0.235. The number of aryl methyl sites for hydroxylation is 1. The molecule has 3 N–H and O–H groups in total. The second-order valence-electron chi connectivity index (χ2n) is 5.25. The molecule has 114 valence electrons. The first-order valence-electron chi connectivity index (χ1n) is 7.31. The fourth-order valence-corrected chi connectivity index (χ4v) is 3.62. The minimum absolute atomic E-state index is 0.714. The van der Waals surface area contributed by atoms with Crippen molar-refractivity contribution in [2.24, 2.45) is 5.73 Å². The molecule has 1 aromatic carbocycles. The van der Waals surface area contributed by atoms with Gasteiger partial charge in [-0.2, -0.15) is 0 Å². The van der Waals surface area contributed by atoms with Crippen molar-refractivity contribution in [1.82, 2.24) is 9.97 Å². The van der Waals surface area contributed by atoms with Gasteiger partial charge in [-0.25, -0.2) is 0 Å². The number of pyridine rings is 1. The van der Waals surface area contributed by atoms with E-state index in [2.05, 4.69) is 25.9 Å². The summed E-state index contributed by atoms with van der Waals surface area (Å²) in [7, 11) is 0. The van der Waals surface area contributed by atoms with E-state index in [0.29, 0.717) is 6.54 Å². The summed E-state index contributed by atoms with van der Waals surface area (Å²) in [5, 5.41) is 1.88. The lowest BCUT2D eigenvalue weighted by Gasteiger charge is -2.04. The van der Waals surface area contributed by atoms with Crippen molar-refractivity contribution in [3.63, 3.8) is 0 Å². The summed E-state index contributed by atoms with van der Waals surface area (Å²) in [6, 6.07) is 9.87. The zero-order chi connectivity index (χ0) is 15.5. The molecule has 3 aromatic rings. The smallest absolute Gasteiger partial charge is 0.0867 e. The topological polar surface area (TPSA) is 54.7 Å². The molecule has 0 aliphatic rings. The Morgan fingerprint density at radius 3 is 2.82 bits per heavy atom. The minimum atomic E-state index is 0.714. The van der Waals surface area contributed by atoms with Gasteiger partial charge in [0.25, 0.3) is 0 Å². The molecule has 2 heterocycles. The van der Waals surface area contributed by atoms with Gasteiger partial charge < -0.3 is 10.7 Å². The van der Waals surface area contributed by atoms with Crippen molar-refractivity contribution in [3.05, 3.63) is 51.6 Å². The molecule has 0 unspecified atom stereocenters. The summed E-state index contributed by atoms with van der Waals surface area (Å²) in [5.74, 6) is 0. The van der Waals surface area contributed by atoms with E-state index in [9.17, 15) is 0 Å². The van der Waals surface area contributed by atoms with Gasteiger partial charge in [0.05, 0.1) is 16.9 Å². The molecule has 0 atom stereocenters. The van der Waals surface area contributed by atoms with Crippen molar-refractivity contribution in [2.75, 3.05) is 6.54 Å². The number of hydrogen-bond acceptors (Lipinski definition) is 2. The number of aromatic nitrogens is 2. The summed E-state index contributed by atoms with van der Waals surface area (Å²) in [6.07, 6.45) is 4.83. The first kappa shape index (κ1) is 15.5. The number of nitrogens with zero attached hydrogens (tertiary/aromatic N) is 1. The van der Waals surface area contributed by atoms with Crippen LogP contribution in [0.1, 0.15) is 18.4 Å². The third kappa shape index (κ3) is 3.05. The van der Waals surface area contributed by atoms with E-state index in [1.165, 1.54) is 5.56 Å². The highest BCUT2D eigenvalue weighted by Crippen LogP contribution is 2.36. The predicted octanol–water partition coefficient (Wildman–Crippen LogP) is 4.93. The molecule has 22 heavy (non-hydrogen) atoms. The average molecular weight is 379 g/mol. The molecule has 0 amide bonds. The third-order valence-corrected chi connectivity index (χ3v) is 4.58. The molecule has 0 bridgehead atoms. The number of benzene rings is 1. The molecule has 0 aliphatic heterocycles. The van der Waals surface area contributed by atoms with E-state index < -0.39 is 0 Å². The van der Waals surface area contributed by atoms with Gasteiger partial charge in [0, 0.05) is 21.1 Å². The molecule has 0 aliphatic carbocycles. The van der Waals surface area contributed by atoms with Crippen LogP contribution in [0.4, 0.5) is 0 Å². The number of unbranched alkanes of at least 4 members (excludes halogenated alkanes) is 1. The Morgan fingerprint density at radius 2 is 2.09 bits per heavy atom. The number of hydrogen-bond donors (Lipinski definition) is 2. The third-order valence-electron chi connectivity index (χ3n) is 3.73. The normalized spacial score (nSPS) is 11.2. The molecule has 5 heteroatoms. The molecular formula is C17H17BrClN3. The number of fused-ring (bicyclic) bond motifs is 1. The summed E-state index contributed by atoms with van der Waals surface area (Å²) in [5.41, 5.74) is 9.96. The molecule has 3 rings (SSSR count). The first-order valence-corrected chi connectivity index (χ1v) is 8.49. The van der Waals surface area contributed by atoms with Crippen molar-refractivity contribution in [2.45, 2.75) is 19.3 Å². The van der Waals surface area contributed by atoms with Crippen LogP contribution in [-0.2, 0) is 6.42 Å². The van der Waals surface area contributed by atoms with Crippen LogP contribution in [0.25, 0.3) is 22.3 Å². The van der Waals surface area contributed by atoms with Gasteiger partial charge in [0.1, 0.15) is 0 Å². The Morgan fingerprint density at radius 1 is 1.23 bits per heavy atom. The van der Waals surface area contributed by atoms with Crippen molar-refractivity contribution >= 4 is 38.4 Å². The number of nitrogens with one attached hydrogen (secondary N) is 1. The maximum Gasteiger partial charge on any atom is 0.0867 e. The van der Waals surface area contributed by atoms with Crippen LogP contribution in [0, 0.1) is 0 Å². The second kappa shape index (κ2) is 6.82. The van der Waals surface area contributed by atoms with E-state index in [1.54, 1.807) is 0 Å². The number of halogens is 2. The first-order chi connectivity index (χ1) is 10.7. The van der Waals surface area contributed by atoms with Crippen LogP contribution >= 0.6 is 27.5 Å². The number of nitrogens with two attached hydrogens (primary N) is 1. The van der Waals surface area contributed by atoms with E-state index in [-0.39, 0.29) is 0 Å². The van der Waals surface area contributed by atoms with E-state index in [1.807, 2.05) is 36.5 Å². The monoisotopic (exact) mass is 377 g/mol. The van der Waals surface area contributed by atoms with Gasteiger partial charge in [-0.05, 0) is 71.6 Å². The zero-order valence-electron chi connectivity index (χ0n) is 12.1. The van der Waals surface area contributed by atoms with Gasteiger partial charge in [-0.3, -0.25) is 4.98 Å². The standard InChI is InChI=1S/C17H17BrClN3/c18-14-10-11(19)9-13-12(5-1-3-7-20)17(22-16(13)14)15-6-2-4-8-21-15/h2,4,6,8-10,22H,1,3,5,7,20H2. The number of rotatable bonds is 5. The summed E-state index contributed by atoms with van der Waals surface area (Å²) in [4.78, 5) is 7.98. The highest BCUT2D eigenvalue weighted by molar-refractivity contribution is 9.10. The predicted molar refractivity (Wildman–Crippen MR) is 96.2 cm³/mol. The Kier molecular flexibility index (Phi) is 4.81. The largest absolute Gasteiger partial charge is 0.352 e. The second-order valence-corrected chi connectivity index (χ2v) is 6.54. The maximum atomic E-state index is 6.23. The van der Waals surface area contributed by atoms with Crippen molar-refractivity contribution < 1.29 is 0 Å². The summed E-state index contributed by atoms with van der Waals surface area (Å²) in [6.45, 7) is 0.714. The summed E-state index contributed by atoms with van der Waals surface area (Å²) >= 11 is 9.83. The molecule has 0 saturated heterocycles. The van der Waals surface area contributed by atoms with Crippen LogP contribution in [-0.4, -0.2) is 16.5 Å². The van der Waals surface area contributed by atoms with Crippen LogP contribution in [0.2, 0.25) is 5.02 Å². The van der Waals surface area contributed by atoms with Crippen molar-refractivity contribution in [1.29, 1.82) is 0 Å². The molecule has 3 nitrogen and oxygen atoms in total. The SMILES string of the molecule is NCCCCc1c(-c2ccccn2)[nH]c2c(Br)cc(Cl)cc12. The average Bonchev–Trinajstić information content (AvgIpc) is 2.88. The highest BCUT2D eigenvalue weighted by Gasteiger charge is 2.16. The Hall–Kier alpha value is -1.36. The van der Waals surface area contributed by atoms with Gasteiger partial charge in [-0.1, -0.05) is 17.7 Å². The maximum absolute atomic E-state index is 6.23. The summed E-state index contributed by atoms with van der Waals surface area (Å²) < 4.78 is 0.970. The number of aromatic amines is 1. The molecule has 0 radical (unpaired) electrons. The van der Waals surface area contributed by atoms with Crippen LogP contribution in [0.5, 0.6) is 0 Å². The lowest BCUT2D eigenvalue weighted by molar-refractivity contribution is 0.748. The Labute approximate surface area is 143 Å². The van der Waals surface area contributed by atoms with E-state index in [4.69, 9.17) is 17.3 Å². The molecule has 2 aromatic heterocycles. The lowest BCUT2D eigenvalue weighted by atomic mass is 10.0. The van der Waals surface area contributed by atoms with Crippen molar-refractivity contribution in [3.8, 4) is 11.4 Å². The minimum Gasteiger partial charge on any atom is -0.352 e. The fourth-order valence-electron chi connectivity index (χ4n) is 2.71. The molecule has 0 fully saturated rings. The Balaban J connectivity index is 2.17. The molecular weight excluding hydrogens is 362 g/mol. The van der Waals surface area contributed by atoms with Crippen LogP contribution in [0.15, 0.2) is 41.0 Å². The zero-order valence-corrected chi connectivity index (χ0v) is 14.4. The molecule has 0 saturated carbocycles. The van der Waals surface area contributed by atoms with Crippen LogP contribution in [0.3, 0.4) is 0 Å². The van der Waals surface area contributed by atoms with E-state index in [0.717, 1.165) is 51.0 Å². The number of H-pyrrole nitrogens is 1. The van der Waals surface area contributed by atoms with Gasteiger partial charge in [-0.15, -0.1) is 0 Å².